The van der Waals surface area contributed by atoms with Gasteiger partial charge in [-0.25, -0.2) is 0 Å². The second-order valence-corrected chi connectivity index (χ2v) is 6.34. The summed E-state index contributed by atoms with van der Waals surface area (Å²) in [5.41, 5.74) is 1.15. The van der Waals surface area contributed by atoms with E-state index in [4.69, 9.17) is 23.2 Å². The molecule has 2 rings (SSSR count). The molecule has 0 aliphatic carbocycles. The van der Waals surface area contributed by atoms with Crippen LogP contribution in [0.5, 0.6) is 0 Å². The van der Waals surface area contributed by atoms with Crippen molar-refractivity contribution in [3.05, 3.63) is 33.8 Å². The van der Waals surface area contributed by atoms with Gasteiger partial charge in [0.15, 0.2) is 0 Å². The number of benzene rings is 1. The van der Waals surface area contributed by atoms with E-state index >= 15 is 0 Å². The Morgan fingerprint density at radius 1 is 1.40 bits per heavy atom. The van der Waals surface area contributed by atoms with Crippen molar-refractivity contribution in [1.82, 2.24) is 10.2 Å². The first kappa shape index (κ1) is 18.1. The lowest BCUT2D eigenvalue weighted by atomic mass is 9.98. The highest BCUT2D eigenvalue weighted by atomic mass is 35.5. The first-order chi connectivity index (χ1) is 9.08. The van der Waals surface area contributed by atoms with Crippen molar-refractivity contribution in [1.29, 1.82) is 0 Å². The van der Waals surface area contributed by atoms with Crippen LogP contribution >= 0.6 is 35.6 Å². The van der Waals surface area contributed by atoms with E-state index in [1.54, 1.807) is 0 Å². The molecule has 1 aliphatic rings. The Morgan fingerprint density at radius 2 is 2.15 bits per heavy atom. The van der Waals surface area contributed by atoms with Gasteiger partial charge >= 0.3 is 0 Å². The summed E-state index contributed by atoms with van der Waals surface area (Å²) in [7, 11) is 2.17. The Hall–Kier alpha value is 0.01000. The van der Waals surface area contributed by atoms with E-state index in [1.165, 1.54) is 19.4 Å². The van der Waals surface area contributed by atoms with Crippen LogP contribution in [0.3, 0.4) is 0 Å². The van der Waals surface area contributed by atoms with E-state index < -0.39 is 0 Å². The molecule has 1 aromatic rings. The maximum atomic E-state index is 6.29. The molecule has 1 heterocycles. The lowest BCUT2D eigenvalue weighted by Gasteiger charge is -2.32. The van der Waals surface area contributed by atoms with Gasteiger partial charge in [-0.1, -0.05) is 29.3 Å². The van der Waals surface area contributed by atoms with Gasteiger partial charge in [0, 0.05) is 22.6 Å². The fourth-order valence-electron chi connectivity index (χ4n) is 2.72. The molecule has 0 spiro atoms. The van der Waals surface area contributed by atoms with Gasteiger partial charge < -0.3 is 5.32 Å². The molecular formula is C15H23Cl3N2. The molecule has 1 aliphatic heterocycles. The third-order valence-corrected chi connectivity index (χ3v) is 4.58. The molecule has 2 atom stereocenters. The van der Waals surface area contributed by atoms with Crippen molar-refractivity contribution in [3.8, 4) is 0 Å². The summed E-state index contributed by atoms with van der Waals surface area (Å²) in [6.45, 7) is 5.60. The minimum Gasteiger partial charge on any atom is -0.316 e. The van der Waals surface area contributed by atoms with Crippen LogP contribution in [0.15, 0.2) is 18.2 Å². The fraction of sp³-hybridized carbons (Fsp3) is 0.600. The van der Waals surface area contributed by atoms with Gasteiger partial charge in [-0.3, -0.25) is 4.90 Å². The smallest absolute Gasteiger partial charge is 0.0468 e. The Morgan fingerprint density at radius 3 is 2.75 bits per heavy atom. The lowest BCUT2D eigenvalue weighted by Crippen LogP contribution is -2.37. The fourth-order valence-corrected chi connectivity index (χ4v) is 3.29. The predicted octanol–water partition coefficient (Wildman–Crippen LogP) is 4.41. The minimum absolute atomic E-state index is 0. The van der Waals surface area contributed by atoms with Crippen molar-refractivity contribution in [2.45, 2.75) is 25.8 Å². The van der Waals surface area contributed by atoms with Crippen LogP contribution in [0, 0.1) is 5.92 Å². The SMILES string of the molecule is CC(c1ccc(Cl)cc1Cl)N(C)CC1CCCNC1.Cl. The van der Waals surface area contributed by atoms with Crippen molar-refractivity contribution in [2.75, 3.05) is 26.7 Å². The van der Waals surface area contributed by atoms with Crippen LogP contribution in [-0.4, -0.2) is 31.6 Å². The molecule has 0 amide bonds. The highest BCUT2D eigenvalue weighted by Crippen LogP contribution is 2.29. The summed E-state index contributed by atoms with van der Waals surface area (Å²) in [5, 5.41) is 4.92. The van der Waals surface area contributed by atoms with Crippen LogP contribution in [-0.2, 0) is 0 Å². The molecule has 0 aromatic heterocycles. The Kier molecular flexibility index (Phi) is 7.63. The summed E-state index contributed by atoms with van der Waals surface area (Å²) < 4.78 is 0. The number of rotatable bonds is 4. The molecule has 0 saturated carbocycles. The van der Waals surface area contributed by atoms with E-state index in [0.29, 0.717) is 11.1 Å². The summed E-state index contributed by atoms with van der Waals surface area (Å²) >= 11 is 12.2. The molecular weight excluding hydrogens is 315 g/mol. The average molecular weight is 338 g/mol. The molecule has 0 radical (unpaired) electrons. The zero-order valence-corrected chi connectivity index (χ0v) is 14.4. The summed E-state index contributed by atoms with van der Waals surface area (Å²) in [5.74, 6) is 0.743. The minimum atomic E-state index is 0. The lowest BCUT2D eigenvalue weighted by molar-refractivity contribution is 0.199. The molecule has 114 valence electrons. The predicted molar refractivity (Wildman–Crippen MR) is 90.3 cm³/mol. The zero-order chi connectivity index (χ0) is 13.8. The van der Waals surface area contributed by atoms with Crippen LogP contribution in [0.1, 0.15) is 31.4 Å². The number of nitrogens with one attached hydrogen (secondary N) is 1. The highest BCUT2D eigenvalue weighted by molar-refractivity contribution is 6.35. The molecule has 1 N–H and O–H groups in total. The van der Waals surface area contributed by atoms with Crippen molar-refractivity contribution >= 4 is 35.6 Å². The molecule has 2 unspecified atom stereocenters. The van der Waals surface area contributed by atoms with E-state index in [9.17, 15) is 0 Å². The summed E-state index contributed by atoms with van der Waals surface area (Å²) in [4.78, 5) is 2.38. The number of halogens is 3. The average Bonchev–Trinajstić information content (AvgIpc) is 2.39. The van der Waals surface area contributed by atoms with Crippen LogP contribution < -0.4 is 5.32 Å². The molecule has 1 aromatic carbocycles. The second kappa shape index (κ2) is 8.45. The van der Waals surface area contributed by atoms with E-state index in [0.717, 1.165) is 29.6 Å². The Bertz CT molecular complexity index is 420. The monoisotopic (exact) mass is 336 g/mol. The molecule has 2 nitrogen and oxygen atoms in total. The molecule has 5 heteroatoms. The van der Waals surface area contributed by atoms with Crippen LogP contribution in [0.4, 0.5) is 0 Å². The second-order valence-electron chi connectivity index (χ2n) is 5.49. The Labute approximate surface area is 138 Å². The van der Waals surface area contributed by atoms with Crippen molar-refractivity contribution in [2.24, 2.45) is 5.92 Å². The quantitative estimate of drug-likeness (QED) is 0.875. The van der Waals surface area contributed by atoms with Gasteiger partial charge in [-0.2, -0.15) is 0 Å². The van der Waals surface area contributed by atoms with Gasteiger partial charge in [-0.05, 0) is 63.5 Å². The number of piperidine rings is 1. The number of hydrogen-bond donors (Lipinski definition) is 1. The largest absolute Gasteiger partial charge is 0.316 e. The zero-order valence-electron chi connectivity index (χ0n) is 12.0. The normalized spacial score (nSPS) is 20.6. The Balaban J connectivity index is 0.00000200. The summed E-state index contributed by atoms with van der Waals surface area (Å²) in [6.07, 6.45) is 2.60. The molecule has 1 saturated heterocycles. The standard InChI is InChI=1S/C15H22Cl2N2.ClH/c1-11(14-6-5-13(16)8-15(14)17)19(2)10-12-4-3-7-18-9-12;/h5-6,8,11-12,18H,3-4,7,9-10H2,1-2H3;1H. The van der Waals surface area contributed by atoms with Gasteiger partial charge in [0.2, 0.25) is 0 Å². The summed E-state index contributed by atoms with van der Waals surface area (Å²) in [6, 6.07) is 6.08. The third-order valence-electron chi connectivity index (χ3n) is 4.02. The van der Waals surface area contributed by atoms with E-state index in [1.807, 2.05) is 18.2 Å². The number of nitrogens with zero attached hydrogens (tertiary/aromatic N) is 1. The molecule has 1 fully saturated rings. The van der Waals surface area contributed by atoms with E-state index in [2.05, 4.69) is 24.2 Å². The van der Waals surface area contributed by atoms with Gasteiger partial charge in [0.25, 0.3) is 0 Å². The van der Waals surface area contributed by atoms with Crippen molar-refractivity contribution in [3.63, 3.8) is 0 Å². The highest BCUT2D eigenvalue weighted by Gasteiger charge is 2.20. The van der Waals surface area contributed by atoms with Gasteiger partial charge in [0.1, 0.15) is 0 Å². The molecule has 20 heavy (non-hydrogen) atoms. The van der Waals surface area contributed by atoms with Gasteiger partial charge in [-0.15, -0.1) is 12.4 Å². The first-order valence-corrected chi connectivity index (χ1v) is 7.69. The maximum absolute atomic E-state index is 6.29. The van der Waals surface area contributed by atoms with E-state index in [-0.39, 0.29) is 12.4 Å². The molecule has 0 bridgehead atoms. The number of hydrogen-bond acceptors (Lipinski definition) is 2. The first-order valence-electron chi connectivity index (χ1n) is 6.94. The topological polar surface area (TPSA) is 15.3 Å². The van der Waals surface area contributed by atoms with Gasteiger partial charge in [0.05, 0.1) is 0 Å². The maximum Gasteiger partial charge on any atom is 0.0468 e. The van der Waals surface area contributed by atoms with Crippen LogP contribution in [0.2, 0.25) is 10.0 Å². The van der Waals surface area contributed by atoms with Crippen molar-refractivity contribution < 1.29 is 0 Å². The van der Waals surface area contributed by atoms with Crippen LogP contribution in [0.25, 0.3) is 0 Å². The third kappa shape index (κ3) is 4.78.